The van der Waals surface area contributed by atoms with E-state index in [1.165, 1.54) is 12.0 Å². The van der Waals surface area contributed by atoms with Gasteiger partial charge in [0.15, 0.2) is 0 Å². The Morgan fingerprint density at radius 1 is 1.38 bits per heavy atom. The molecule has 2 N–H and O–H groups in total. The molecule has 0 saturated heterocycles. The molecule has 1 unspecified atom stereocenters. The molecule has 1 atom stereocenters. The maximum Gasteiger partial charge on any atom is 0.0464 e. The number of rotatable bonds is 4. The van der Waals surface area contributed by atoms with Gasteiger partial charge in [-0.1, -0.05) is 33.6 Å². The Morgan fingerprint density at radius 3 is 3.05 bits per heavy atom. The molecule has 2 heterocycles. The van der Waals surface area contributed by atoms with Crippen molar-refractivity contribution in [2.75, 3.05) is 13.1 Å². The summed E-state index contributed by atoms with van der Waals surface area (Å²) in [6.45, 7) is 3.21. The minimum absolute atomic E-state index is 0.00512. The summed E-state index contributed by atoms with van der Waals surface area (Å²) in [7, 11) is 0. The van der Waals surface area contributed by atoms with E-state index in [9.17, 15) is 0 Å². The second-order valence-electron chi connectivity index (χ2n) is 5.46. The molecule has 5 heteroatoms. The third-order valence-corrected chi connectivity index (χ3v) is 5.85. The van der Waals surface area contributed by atoms with Crippen LogP contribution in [0.1, 0.15) is 28.5 Å². The van der Waals surface area contributed by atoms with Crippen LogP contribution in [0.25, 0.3) is 0 Å². The summed E-state index contributed by atoms with van der Waals surface area (Å²) in [5.74, 6) is 0. The van der Waals surface area contributed by atoms with Crippen LogP contribution in [0, 0.1) is 0 Å². The van der Waals surface area contributed by atoms with Gasteiger partial charge in [0, 0.05) is 40.0 Å². The molecule has 1 aliphatic rings. The first-order valence-electron chi connectivity index (χ1n) is 7.11. The molecule has 0 saturated carbocycles. The van der Waals surface area contributed by atoms with Crippen LogP contribution in [0.15, 0.2) is 34.1 Å². The van der Waals surface area contributed by atoms with Crippen molar-refractivity contribution in [1.82, 2.24) is 4.90 Å². The van der Waals surface area contributed by atoms with E-state index in [0.717, 1.165) is 41.1 Å². The summed E-state index contributed by atoms with van der Waals surface area (Å²) in [6, 6.07) is 8.17. The van der Waals surface area contributed by atoms with Crippen LogP contribution in [0.3, 0.4) is 0 Å². The monoisotopic (exact) mass is 384 g/mol. The van der Waals surface area contributed by atoms with Crippen molar-refractivity contribution < 1.29 is 0 Å². The maximum absolute atomic E-state index is 6.31. The molecule has 0 radical (unpaired) electrons. The van der Waals surface area contributed by atoms with Crippen LogP contribution >= 0.6 is 38.9 Å². The Balaban J connectivity index is 1.58. The number of hydrogen-bond acceptors (Lipinski definition) is 3. The number of fused-ring (bicyclic) bond motifs is 1. The highest BCUT2D eigenvalue weighted by Crippen LogP contribution is 2.28. The summed E-state index contributed by atoms with van der Waals surface area (Å²) in [4.78, 5) is 4.04. The van der Waals surface area contributed by atoms with Gasteiger partial charge in [-0.25, -0.2) is 0 Å². The van der Waals surface area contributed by atoms with E-state index in [4.69, 9.17) is 17.3 Å². The van der Waals surface area contributed by atoms with Crippen molar-refractivity contribution in [3.05, 3.63) is 55.1 Å². The molecule has 0 spiro atoms. The molecule has 2 nitrogen and oxygen atoms in total. The quantitative estimate of drug-likeness (QED) is 0.832. The minimum atomic E-state index is -0.00512. The molecule has 21 heavy (non-hydrogen) atoms. The number of nitrogens with zero attached hydrogens (tertiary/aromatic N) is 1. The summed E-state index contributed by atoms with van der Waals surface area (Å²) >= 11 is 11.6. The standard InChI is InChI=1S/C16H18BrClN2S/c17-12-1-2-13(14(18)9-12)15(19)3-6-20-7-4-16-11(10-20)5-8-21-16/h1-2,5,8-9,15H,3-4,6-7,10,19H2. The molecule has 0 bridgehead atoms. The van der Waals surface area contributed by atoms with Gasteiger partial charge in [0.1, 0.15) is 0 Å². The average molecular weight is 386 g/mol. The summed E-state index contributed by atoms with van der Waals surface area (Å²) < 4.78 is 0.990. The normalized spacial score (nSPS) is 16.7. The fraction of sp³-hybridized carbons (Fsp3) is 0.375. The molecular formula is C16H18BrClN2S. The van der Waals surface area contributed by atoms with E-state index in [2.05, 4.69) is 32.3 Å². The van der Waals surface area contributed by atoms with Crippen molar-refractivity contribution in [1.29, 1.82) is 0 Å². The Kier molecular flexibility index (Phi) is 5.02. The van der Waals surface area contributed by atoms with Crippen LogP contribution < -0.4 is 5.73 Å². The van der Waals surface area contributed by atoms with Gasteiger partial charge in [0.2, 0.25) is 0 Å². The predicted octanol–water partition coefficient (Wildman–Crippen LogP) is 4.61. The zero-order valence-electron chi connectivity index (χ0n) is 11.7. The van der Waals surface area contributed by atoms with Crippen molar-refractivity contribution in [2.24, 2.45) is 5.73 Å². The Hall–Kier alpha value is -0.390. The molecule has 1 aromatic heterocycles. The van der Waals surface area contributed by atoms with Gasteiger partial charge in [-0.05, 0) is 47.5 Å². The molecule has 112 valence electrons. The smallest absolute Gasteiger partial charge is 0.0464 e. The maximum atomic E-state index is 6.31. The first-order valence-corrected chi connectivity index (χ1v) is 9.16. The molecule has 1 aromatic carbocycles. The minimum Gasteiger partial charge on any atom is -0.324 e. The summed E-state index contributed by atoms with van der Waals surface area (Å²) in [5, 5.41) is 2.94. The number of benzene rings is 1. The zero-order chi connectivity index (χ0) is 14.8. The lowest BCUT2D eigenvalue weighted by Gasteiger charge is -2.28. The fourth-order valence-corrected chi connectivity index (χ4v) is 4.48. The molecular weight excluding hydrogens is 368 g/mol. The van der Waals surface area contributed by atoms with Gasteiger partial charge >= 0.3 is 0 Å². The fourth-order valence-electron chi connectivity index (χ4n) is 2.78. The lowest BCUT2D eigenvalue weighted by Crippen LogP contribution is -2.32. The van der Waals surface area contributed by atoms with Crippen molar-refractivity contribution in [3.63, 3.8) is 0 Å². The van der Waals surface area contributed by atoms with Gasteiger partial charge in [-0.15, -0.1) is 11.3 Å². The largest absolute Gasteiger partial charge is 0.324 e. The van der Waals surface area contributed by atoms with E-state index in [1.807, 2.05) is 29.5 Å². The van der Waals surface area contributed by atoms with Gasteiger partial charge in [-0.2, -0.15) is 0 Å². The highest BCUT2D eigenvalue weighted by Gasteiger charge is 2.18. The van der Waals surface area contributed by atoms with Crippen LogP contribution in [-0.4, -0.2) is 18.0 Å². The third-order valence-electron chi connectivity index (χ3n) is 4.01. The van der Waals surface area contributed by atoms with Crippen LogP contribution in [0.5, 0.6) is 0 Å². The Morgan fingerprint density at radius 2 is 2.24 bits per heavy atom. The van der Waals surface area contributed by atoms with Crippen molar-refractivity contribution in [3.8, 4) is 0 Å². The van der Waals surface area contributed by atoms with Crippen molar-refractivity contribution in [2.45, 2.75) is 25.4 Å². The second-order valence-corrected chi connectivity index (χ2v) is 7.78. The first-order chi connectivity index (χ1) is 10.1. The third kappa shape index (κ3) is 3.69. The van der Waals surface area contributed by atoms with E-state index >= 15 is 0 Å². The topological polar surface area (TPSA) is 29.3 Å². The SMILES string of the molecule is NC(CCN1CCc2sccc2C1)c1ccc(Br)cc1Cl. The molecule has 0 aliphatic carbocycles. The Labute approximate surface area is 143 Å². The molecule has 0 fully saturated rings. The molecule has 0 amide bonds. The van der Waals surface area contributed by atoms with Gasteiger partial charge in [0.05, 0.1) is 0 Å². The van der Waals surface area contributed by atoms with Gasteiger partial charge < -0.3 is 5.73 Å². The van der Waals surface area contributed by atoms with Crippen LogP contribution in [0.2, 0.25) is 5.02 Å². The van der Waals surface area contributed by atoms with E-state index in [0.29, 0.717) is 0 Å². The molecule has 1 aliphatic heterocycles. The lowest BCUT2D eigenvalue weighted by molar-refractivity contribution is 0.246. The number of thiophene rings is 1. The van der Waals surface area contributed by atoms with Gasteiger partial charge in [0.25, 0.3) is 0 Å². The van der Waals surface area contributed by atoms with Gasteiger partial charge in [-0.3, -0.25) is 4.90 Å². The highest BCUT2D eigenvalue weighted by atomic mass is 79.9. The predicted molar refractivity (Wildman–Crippen MR) is 94.0 cm³/mol. The number of nitrogens with two attached hydrogens (primary N) is 1. The van der Waals surface area contributed by atoms with Crippen LogP contribution in [0.4, 0.5) is 0 Å². The highest BCUT2D eigenvalue weighted by molar-refractivity contribution is 9.10. The van der Waals surface area contributed by atoms with Crippen molar-refractivity contribution >= 4 is 38.9 Å². The summed E-state index contributed by atoms with van der Waals surface area (Å²) in [5.41, 5.74) is 8.84. The lowest BCUT2D eigenvalue weighted by atomic mass is 10.0. The van der Waals surface area contributed by atoms with E-state index < -0.39 is 0 Å². The van der Waals surface area contributed by atoms with Crippen LogP contribution in [-0.2, 0) is 13.0 Å². The zero-order valence-corrected chi connectivity index (χ0v) is 14.8. The number of hydrogen-bond donors (Lipinski definition) is 1. The first kappa shape index (κ1) is 15.5. The molecule has 2 aromatic rings. The molecule has 3 rings (SSSR count). The Bertz CT molecular complexity index is 628. The van der Waals surface area contributed by atoms with E-state index in [-0.39, 0.29) is 6.04 Å². The summed E-state index contributed by atoms with van der Waals surface area (Å²) in [6.07, 6.45) is 2.10. The number of halogens is 2. The second kappa shape index (κ2) is 6.80. The average Bonchev–Trinajstić information content (AvgIpc) is 2.92. The van der Waals surface area contributed by atoms with E-state index in [1.54, 1.807) is 4.88 Å².